The molecule has 2 aromatic heterocycles. The molecule has 0 aliphatic carbocycles. The summed E-state index contributed by atoms with van der Waals surface area (Å²) < 4.78 is 2.15. The van der Waals surface area contributed by atoms with Crippen LogP contribution in [0.1, 0.15) is 37.0 Å². The van der Waals surface area contributed by atoms with Gasteiger partial charge in [-0.3, -0.25) is 0 Å². The van der Waals surface area contributed by atoms with Crippen molar-refractivity contribution in [2.75, 3.05) is 0 Å². The topological polar surface area (TPSA) is 42.7 Å². The zero-order chi connectivity index (χ0) is 12.1. The lowest BCUT2D eigenvalue weighted by molar-refractivity contribution is 0.502. The van der Waals surface area contributed by atoms with E-state index >= 15 is 0 Å². The Morgan fingerprint density at radius 1 is 1.47 bits per heavy atom. The minimum atomic E-state index is 0.343. The summed E-state index contributed by atoms with van der Waals surface area (Å²) in [6.45, 7) is 6.11. The van der Waals surface area contributed by atoms with Gasteiger partial charge in [0, 0.05) is 30.9 Å². The molecule has 1 atom stereocenters. The minimum absolute atomic E-state index is 0.343. The Kier molecular flexibility index (Phi) is 4.28. The second-order valence-corrected chi connectivity index (χ2v) is 4.81. The van der Waals surface area contributed by atoms with Gasteiger partial charge in [-0.1, -0.05) is 6.92 Å². The number of aryl methyl sites for hydroxylation is 1. The Labute approximate surface area is 106 Å². The van der Waals surface area contributed by atoms with Gasteiger partial charge in [0.05, 0.1) is 18.1 Å². The Morgan fingerprint density at radius 2 is 2.35 bits per heavy atom. The number of imidazole rings is 1. The molecule has 0 aliphatic rings. The minimum Gasteiger partial charge on any atom is -0.334 e. The van der Waals surface area contributed by atoms with Gasteiger partial charge < -0.3 is 9.88 Å². The number of thiazole rings is 1. The highest BCUT2D eigenvalue weighted by atomic mass is 32.1. The molecule has 4 nitrogen and oxygen atoms in total. The predicted octanol–water partition coefficient (Wildman–Crippen LogP) is 2.60. The van der Waals surface area contributed by atoms with Crippen molar-refractivity contribution in [3.05, 3.63) is 34.8 Å². The van der Waals surface area contributed by atoms with Crippen molar-refractivity contribution in [2.45, 2.75) is 39.4 Å². The average molecular weight is 250 g/mol. The smallest absolute Gasteiger partial charge is 0.109 e. The monoisotopic (exact) mass is 250 g/mol. The summed E-state index contributed by atoms with van der Waals surface area (Å²) in [5, 5.41) is 6.72. The summed E-state index contributed by atoms with van der Waals surface area (Å²) in [6, 6.07) is 0.343. The largest absolute Gasteiger partial charge is 0.334 e. The van der Waals surface area contributed by atoms with E-state index in [0.29, 0.717) is 6.04 Å². The highest BCUT2D eigenvalue weighted by Crippen LogP contribution is 2.19. The zero-order valence-corrected chi connectivity index (χ0v) is 11.1. The Balaban J connectivity index is 1.97. The number of hydrogen-bond acceptors (Lipinski definition) is 4. The second kappa shape index (κ2) is 5.93. The molecule has 2 rings (SSSR count). The van der Waals surface area contributed by atoms with Gasteiger partial charge in [0.25, 0.3) is 0 Å². The molecule has 2 aromatic rings. The first-order chi connectivity index (χ1) is 8.35. The van der Waals surface area contributed by atoms with E-state index in [1.807, 2.05) is 24.1 Å². The van der Waals surface area contributed by atoms with Crippen LogP contribution in [0.25, 0.3) is 0 Å². The first kappa shape index (κ1) is 12.3. The van der Waals surface area contributed by atoms with Gasteiger partial charge in [-0.25, -0.2) is 9.97 Å². The molecule has 0 aliphatic heterocycles. The Bertz CT molecular complexity index is 435. The summed E-state index contributed by atoms with van der Waals surface area (Å²) in [5.74, 6) is 0. The molecule has 0 amide bonds. The molecular weight excluding hydrogens is 232 g/mol. The molecule has 5 heteroatoms. The third kappa shape index (κ3) is 2.92. The van der Waals surface area contributed by atoms with Gasteiger partial charge in [0.15, 0.2) is 0 Å². The van der Waals surface area contributed by atoms with Crippen molar-refractivity contribution < 1.29 is 0 Å². The van der Waals surface area contributed by atoms with Crippen LogP contribution in [0.15, 0.2) is 24.1 Å². The van der Waals surface area contributed by atoms with Crippen LogP contribution in [-0.4, -0.2) is 14.5 Å². The van der Waals surface area contributed by atoms with Gasteiger partial charge in [-0.2, -0.15) is 0 Å². The summed E-state index contributed by atoms with van der Waals surface area (Å²) in [7, 11) is 0. The lowest BCUT2D eigenvalue weighted by atomic mass is 10.2. The van der Waals surface area contributed by atoms with Crippen molar-refractivity contribution in [2.24, 2.45) is 0 Å². The van der Waals surface area contributed by atoms with Crippen molar-refractivity contribution in [1.29, 1.82) is 0 Å². The van der Waals surface area contributed by atoms with Gasteiger partial charge in [0.2, 0.25) is 0 Å². The fourth-order valence-corrected chi connectivity index (χ4v) is 2.62. The van der Waals surface area contributed by atoms with E-state index in [1.54, 1.807) is 11.3 Å². The van der Waals surface area contributed by atoms with E-state index in [9.17, 15) is 0 Å². The van der Waals surface area contributed by atoms with E-state index in [2.05, 4.69) is 33.7 Å². The highest BCUT2D eigenvalue weighted by molar-refractivity contribution is 7.09. The van der Waals surface area contributed by atoms with Crippen LogP contribution >= 0.6 is 11.3 Å². The van der Waals surface area contributed by atoms with Crippen LogP contribution in [0.3, 0.4) is 0 Å². The molecule has 0 bridgehead atoms. The molecule has 0 fully saturated rings. The van der Waals surface area contributed by atoms with E-state index in [-0.39, 0.29) is 0 Å². The number of hydrogen-bond donors (Lipinski definition) is 1. The third-order valence-corrected chi connectivity index (χ3v) is 3.72. The molecule has 0 aromatic carbocycles. The summed E-state index contributed by atoms with van der Waals surface area (Å²) >= 11 is 1.71. The molecule has 0 saturated heterocycles. The fraction of sp³-hybridized carbons (Fsp3) is 0.500. The number of aromatic nitrogens is 3. The first-order valence-corrected chi connectivity index (χ1v) is 6.84. The van der Waals surface area contributed by atoms with E-state index < -0.39 is 0 Å². The highest BCUT2D eigenvalue weighted by Gasteiger charge is 2.11. The van der Waals surface area contributed by atoms with E-state index in [1.165, 1.54) is 5.69 Å². The third-order valence-electron chi connectivity index (χ3n) is 2.83. The van der Waals surface area contributed by atoms with Gasteiger partial charge in [0.1, 0.15) is 5.01 Å². The first-order valence-electron chi connectivity index (χ1n) is 5.96. The quantitative estimate of drug-likeness (QED) is 0.857. The number of rotatable bonds is 6. The molecule has 92 valence electrons. The van der Waals surface area contributed by atoms with Crippen molar-refractivity contribution >= 4 is 11.3 Å². The van der Waals surface area contributed by atoms with Gasteiger partial charge in [-0.05, 0) is 13.3 Å². The molecule has 0 saturated carbocycles. The standard InChI is InChI=1S/C12H18N4S/c1-3-11(12-14-5-6-17-12)15-8-10-7-13-9-16(10)4-2/h5-7,9,11,15H,3-4,8H2,1-2H3. The van der Waals surface area contributed by atoms with Gasteiger partial charge in [-0.15, -0.1) is 11.3 Å². The molecule has 2 heterocycles. The zero-order valence-electron chi connectivity index (χ0n) is 10.3. The lowest BCUT2D eigenvalue weighted by Crippen LogP contribution is -2.21. The van der Waals surface area contributed by atoms with Crippen LogP contribution in [0.2, 0.25) is 0 Å². The van der Waals surface area contributed by atoms with E-state index in [0.717, 1.165) is 24.5 Å². The molecule has 1 N–H and O–H groups in total. The van der Waals surface area contributed by atoms with Crippen molar-refractivity contribution in [3.63, 3.8) is 0 Å². The number of nitrogens with zero attached hydrogens (tertiary/aromatic N) is 3. The predicted molar refractivity (Wildman–Crippen MR) is 69.9 cm³/mol. The normalized spacial score (nSPS) is 12.8. The molecule has 1 unspecified atom stereocenters. The van der Waals surface area contributed by atoms with Crippen LogP contribution in [0, 0.1) is 0 Å². The van der Waals surface area contributed by atoms with Crippen LogP contribution in [-0.2, 0) is 13.1 Å². The molecule has 0 spiro atoms. The van der Waals surface area contributed by atoms with Crippen LogP contribution in [0.4, 0.5) is 0 Å². The number of nitrogens with one attached hydrogen (secondary N) is 1. The second-order valence-electron chi connectivity index (χ2n) is 3.88. The van der Waals surface area contributed by atoms with Crippen molar-refractivity contribution in [3.8, 4) is 0 Å². The SMILES string of the molecule is CCC(NCc1cncn1CC)c1nccs1. The summed E-state index contributed by atoms with van der Waals surface area (Å²) in [4.78, 5) is 8.53. The van der Waals surface area contributed by atoms with Gasteiger partial charge >= 0.3 is 0 Å². The Morgan fingerprint density at radius 3 is 3.00 bits per heavy atom. The average Bonchev–Trinajstić information content (AvgIpc) is 2.99. The molecular formula is C12H18N4S. The summed E-state index contributed by atoms with van der Waals surface area (Å²) in [6.07, 6.45) is 6.71. The summed E-state index contributed by atoms with van der Waals surface area (Å²) in [5.41, 5.74) is 1.22. The maximum absolute atomic E-state index is 4.36. The maximum Gasteiger partial charge on any atom is 0.109 e. The Hall–Kier alpha value is -1.20. The molecule has 0 radical (unpaired) electrons. The van der Waals surface area contributed by atoms with Crippen LogP contribution in [0.5, 0.6) is 0 Å². The lowest BCUT2D eigenvalue weighted by Gasteiger charge is -2.14. The molecule has 17 heavy (non-hydrogen) atoms. The van der Waals surface area contributed by atoms with Crippen molar-refractivity contribution in [1.82, 2.24) is 19.9 Å². The van der Waals surface area contributed by atoms with Crippen LogP contribution < -0.4 is 5.32 Å². The maximum atomic E-state index is 4.36. The fourth-order valence-electron chi connectivity index (χ4n) is 1.82. The van der Waals surface area contributed by atoms with E-state index in [4.69, 9.17) is 0 Å².